The van der Waals surface area contributed by atoms with Crippen molar-refractivity contribution in [2.24, 2.45) is 11.8 Å². The molecule has 1 aromatic heterocycles. The smallest absolute Gasteiger partial charge is 0.258 e. The van der Waals surface area contributed by atoms with Crippen molar-refractivity contribution in [2.75, 3.05) is 20.7 Å². The molecule has 146 valence electrons. The molecule has 2 aliphatic heterocycles. The molecule has 7 nitrogen and oxygen atoms in total. The van der Waals surface area contributed by atoms with Gasteiger partial charge in [-0.15, -0.1) is 0 Å². The fraction of sp³-hybridized carbons (Fsp3) is 0.550. The molecule has 3 rings (SSSR count). The number of likely N-dealkylation sites (N-methyl/N-ethyl adjacent to an activating group) is 1. The third-order valence-corrected chi connectivity index (χ3v) is 5.74. The number of aliphatic hydroxyl groups excluding tert-OH is 1. The molecular weight excluding hydrogens is 346 g/mol. The maximum Gasteiger partial charge on any atom is 0.258 e. The predicted molar refractivity (Wildman–Crippen MR) is 102 cm³/mol. The number of nitrogens with zero attached hydrogens (tertiary/aromatic N) is 3. The van der Waals surface area contributed by atoms with Crippen LogP contribution in [0.2, 0.25) is 0 Å². The number of carbonyl (C=O) groups excluding carboxylic acids is 2. The zero-order chi connectivity index (χ0) is 19.9. The van der Waals surface area contributed by atoms with Crippen molar-refractivity contribution in [1.82, 2.24) is 14.4 Å². The van der Waals surface area contributed by atoms with Crippen molar-refractivity contribution in [1.29, 1.82) is 0 Å². The van der Waals surface area contributed by atoms with Gasteiger partial charge >= 0.3 is 0 Å². The highest BCUT2D eigenvalue weighted by Gasteiger charge is 2.57. The van der Waals surface area contributed by atoms with Gasteiger partial charge in [0.15, 0.2) is 0 Å². The molecule has 0 unspecified atom stereocenters. The molecule has 7 heteroatoms. The lowest BCUT2D eigenvalue weighted by molar-refractivity contribution is -0.145. The lowest BCUT2D eigenvalue weighted by atomic mass is 9.88. The molecule has 3 heterocycles. The van der Waals surface area contributed by atoms with Gasteiger partial charge in [-0.3, -0.25) is 14.4 Å². The number of allylic oxidation sites excluding steroid dienone is 1. The van der Waals surface area contributed by atoms with Gasteiger partial charge in [0.25, 0.3) is 5.56 Å². The summed E-state index contributed by atoms with van der Waals surface area (Å²) >= 11 is 0. The van der Waals surface area contributed by atoms with E-state index in [1.165, 1.54) is 4.90 Å². The van der Waals surface area contributed by atoms with Crippen molar-refractivity contribution >= 4 is 17.9 Å². The van der Waals surface area contributed by atoms with Crippen molar-refractivity contribution in [3.8, 4) is 0 Å². The SMILES string of the molecule is C/C=C\c1ccc2n(c1=O)C[C@H]1[C@H](CO)[C@@H](C(=O)N(C)C)N(C(=O)CC)[C@@H]21. The summed E-state index contributed by atoms with van der Waals surface area (Å²) < 4.78 is 1.69. The molecule has 1 saturated heterocycles. The summed E-state index contributed by atoms with van der Waals surface area (Å²) in [6.45, 7) is 3.81. The van der Waals surface area contributed by atoms with E-state index < -0.39 is 12.0 Å². The molecule has 2 amide bonds. The van der Waals surface area contributed by atoms with E-state index in [1.54, 1.807) is 42.6 Å². The number of hydrogen-bond donors (Lipinski definition) is 1. The van der Waals surface area contributed by atoms with E-state index in [4.69, 9.17) is 0 Å². The highest BCUT2D eigenvalue weighted by Crippen LogP contribution is 2.49. The van der Waals surface area contributed by atoms with E-state index in [2.05, 4.69) is 0 Å². The maximum absolute atomic E-state index is 12.8. The standard InChI is InChI=1S/C20H27N3O4/c1-5-7-12-8-9-15-17-13(10-22(15)19(12)26)14(11-24)18(20(27)21(3)4)23(17)16(25)6-2/h5,7-9,13-14,17-18,24H,6,10-11H2,1-4H3/b7-5-/t13-,14-,17+,18-/m0/s1. The van der Waals surface area contributed by atoms with Gasteiger partial charge in [0.2, 0.25) is 11.8 Å². The van der Waals surface area contributed by atoms with Crippen LogP contribution in [0.4, 0.5) is 0 Å². The Bertz CT molecular complexity index is 842. The highest BCUT2D eigenvalue weighted by molar-refractivity contribution is 5.89. The van der Waals surface area contributed by atoms with Crippen molar-refractivity contribution in [3.63, 3.8) is 0 Å². The number of pyridine rings is 1. The number of likely N-dealkylation sites (tertiary alicyclic amines) is 1. The Morgan fingerprint density at radius 3 is 2.59 bits per heavy atom. The molecule has 0 saturated carbocycles. The van der Waals surface area contributed by atoms with Crippen molar-refractivity contribution in [2.45, 2.75) is 38.9 Å². The van der Waals surface area contributed by atoms with Crippen LogP contribution in [0.25, 0.3) is 6.08 Å². The lowest BCUT2D eigenvalue weighted by Gasteiger charge is -2.32. The molecule has 0 radical (unpaired) electrons. The van der Waals surface area contributed by atoms with Crippen LogP contribution in [-0.2, 0) is 16.1 Å². The molecule has 27 heavy (non-hydrogen) atoms. The largest absolute Gasteiger partial charge is 0.396 e. The molecule has 0 aliphatic carbocycles. The van der Waals surface area contributed by atoms with Gasteiger partial charge in [0.05, 0.1) is 6.04 Å². The summed E-state index contributed by atoms with van der Waals surface area (Å²) in [7, 11) is 3.31. The molecule has 0 aromatic carbocycles. The third-order valence-electron chi connectivity index (χ3n) is 5.74. The fourth-order valence-electron chi connectivity index (χ4n) is 4.52. The van der Waals surface area contributed by atoms with Crippen LogP contribution in [0.3, 0.4) is 0 Å². The Balaban J connectivity index is 2.14. The van der Waals surface area contributed by atoms with E-state index in [0.717, 1.165) is 5.69 Å². The first-order valence-corrected chi connectivity index (χ1v) is 9.36. The molecule has 2 aliphatic rings. The average Bonchev–Trinajstić information content (AvgIpc) is 3.17. The highest BCUT2D eigenvalue weighted by atomic mass is 16.3. The molecule has 1 aromatic rings. The van der Waals surface area contributed by atoms with Crippen LogP contribution in [0.1, 0.15) is 37.6 Å². The predicted octanol–water partition coefficient (Wildman–Crippen LogP) is 0.870. The Kier molecular flexibility index (Phi) is 5.24. The minimum atomic E-state index is -0.702. The van der Waals surface area contributed by atoms with Crippen molar-refractivity contribution in [3.05, 3.63) is 39.8 Å². The molecule has 1 fully saturated rings. The van der Waals surface area contributed by atoms with Gasteiger partial charge in [-0.2, -0.15) is 0 Å². The zero-order valence-electron chi connectivity index (χ0n) is 16.3. The summed E-state index contributed by atoms with van der Waals surface area (Å²) in [6, 6.07) is 2.57. The van der Waals surface area contributed by atoms with Crippen LogP contribution in [0.5, 0.6) is 0 Å². The summed E-state index contributed by atoms with van der Waals surface area (Å²) in [6.07, 6.45) is 3.84. The second-order valence-electron chi connectivity index (χ2n) is 7.42. The minimum absolute atomic E-state index is 0.101. The second kappa shape index (κ2) is 7.31. The molecular formula is C20H27N3O4. The van der Waals surface area contributed by atoms with Crippen LogP contribution in [0, 0.1) is 11.8 Å². The van der Waals surface area contributed by atoms with Gasteiger partial charge in [-0.05, 0) is 19.1 Å². The van der Waals surface area contributed by atoms with Crippen LogP contribution >= 0.6 is 0 Å². The average molecular weight is 373 g/mol. The number of aromatic nitrogens is 1. The first-order valence-electron chi connectivity index (χ1n) is 9.36. The number of hydrogen-bond acceptors (Lipinski definition) is 4. The number of amides is 2. The fourth-order valence-corrected chi connectivity index (χ4v) is 4.52. The number of carbonyl (C=O) groups is 2. The first kappa shape index (κ1) is 19.4. The summed E-state index contributed by atoms with van der Waals surface area (Å²) in [5, 5.41) is 10.1. The first-order chi connectivity index (χ1) is 12.9. The number of aliphatic hydroxyl groups is 1. The molecule has 1 N–H and O–H groups in total. The third kappa shape index (κ3) is 2.90. The number of rotatable bonds is 4. The van der Waals surface area contributed by atoms with Crippen LogP contribution in [0.15, 0.2) is 23.0 Å². The van der Waals surface area contributed by atoms with Gasteiger partial charge < -0.3 is 19.5 Å². The molecule has 4 atom stereocenters. The number of fused-ring (bicyclic) bond motifs is 3. The van der Waals surface area contributed by atoms with Gasteiger partial charge in [0.1, 0.15) is 6.04 Å². The van der Waals surface area contributed by atoms with E-state index in [1.807, 2.05) is 19.1 Å². The van der Waals surface area contributed by atoms with Gasteiger partial charge in [-0.1, -0.05) is 19.1 Å². The summed E-state index contributed by atoms with van der Waals surface area (Å²) in [5.74, 6) is -0.887. The molecule has 0 spiro atoms. The van der Waals surface area contributed by atoms with Gasteiger partial charge in [0, 0.05) is 56.8 Å². The topological polar surface area (TPSA) is 82.8 Å². The van der Waals surface area contributed by atoms with Crippen LogP contribution in [-0.4, -0.2) is 58.0 Å². The van der Waals surface area contributed by atoms with Crippen molar-refractivity contribution < 1.29 is 14.7 Å². The van der Waals surface area contributed by atoms with E-state index in [9.17, 15) is 19.5 Å². The quantitative estimate of drug-likeness (QED) is 0.849. The monoisotopic (exact) mass is 373 g/mol. The Hall–Kier alpha value is -2.41. The van der Waals surface area contributed by atoms with Gasteiger partial charge in [-0.25, -0.2) is 0 Å². The Morgan fingerprint density at radius 1 is 1.33 bits per heavy atom. The zero-order valence-corrected chi connectivity index (χ0v) is 16.3. The van der Waals surface area contributed by atoms with E-state index in [0.29, 0.717) is 12.1 Å². The Morgan fingerprint density at radius 2 is 2.04 bits per heavy atom. The Labute approximate surface area is 158 Å². The maximum atomic E-state index is 12.8. The minimum Gasteiger partial charge on any atom is -0.396 e. The lowest BCUT2D eigenvalue weighted by Crippen LogP contribution is -2.49. The summed E-state index contributed by atoms with van der Waals surface area (Å²) in [5.41, 5.74) is 1.24. The summed E-state index contributed by atoms with van der Waals surface area (Å²) in [4.78, 5) is 41.5. The van der Waals surface area contributed by atoms with Crippen LogP contribution < -0.4 is 5.56 Å². The molecule has 0 bridgehead atoms. The van der Waals surface area contributed by atoms with E-state index in [-0.39, 0.29) is 42.4 Å². The van der Waals surface area contributed by atoms with E-state index >= 15 is 0 Å². The normalized spacial score (nSPS) is 26.3. The second-order valence-corrected chi connectivity index (χ2v) is 7.42.